The van der Waals surface area contributed by atoms with Gasteiger partial charge in [-0.25, -0.2) is 0 Å². The summed E-state index contributed by atoms with van der Waals surface area (Å²) in [6, 6.07) is 13.3. The second-order valence-electron chi connectivity index (χ2n) is 6.10. The molecule has 27 heavy (non-hydrogen) atoms. The summed E-state index contributed by atoms with van der Waals surface area (Å²) in [5.41, 5.74) is 1.25. The molecule has 0 atom stereocenters. The first-order valence-corrected chi connectivity index (χ1v) is 8.72. The van der Waals surface area contributed by atoms with Gasteiger partial charge < -0.3 is 19.5 Å². The van der Waals surface area contributed by atoms with Gasteiger partial charge in [-0.15, -0.1) is 0 Å². The Morgan fingerprint density at radius 2 is 1.85 bits per heavy atom. The number of benzene rings is 2. The van der Waals surface area contributed by atoms with Crippen LogP contribution < -0.4 is 4.74 Å². The minimum Gasteiger partial charge on any atom is -0.508 e. The standard InChI is InChI=1S/C21H21NO5/c23-18-3-1-2-16(14-18)4-9-20(24)17-5-7-19(8-6-17)27-15-21(25)22-10-12-26-13-11-22/h1-9,14,23H,10-13,15H2/b9-4+. The Bertz CT molecular complexity index is 823. The van der Waals surface area contributed by atoms with E-state index in [1.165, 1.54) is 6.08 Å². The minimum absolute atomic E-state index is 0.0370. The van der Waals surface area contributed by atoms with E-state index < -0.39 is 0 Å². The van der Waals surface area contributed by atoms with Crippen LogP contribution in [0.3, 0.4) is 0 Å². The Morgan fingerprint density at radius 1 is 1.11 bits per heavy atom. The Hall–Kier alpha value is -3.12. The summed E-state index contributed by atoms with van der Waals surface area (Å²) < 4.78 is 10.7. The van der Waals surface area contributed by atoms with Crippen molar-refractivity contribution in [2.45, 2.75) is 0 Å². The number of ether oxygens (including phenoxy) is 2. The van der Waals surface area contributed by atoms with E-state index in [4.69, 9.17) is 9.47 Å². The van der Waals surface area contributed by atoms with Crippen molar-refractivity contribution in [2.75, 3.05) is 32.9 Å². The topological polar surface area (TPSA) is 76.1 Å². The molecule has 0 aromatic heterocycles. The van der Waals surface area contributed by atoms with Gasteiger partial charge in [0.25, 0.3) is 5.91 Å². The van der Waals surface area contributed by atoms with E-state index in [1.807, 2.05) is 0 Å². The molecule has 0 unspecified atom stereocenters. The maximum absolute atomic E-state index is 12.2. The molecule has 0 spiro atoms. The molecule has 6 nitrogen and oxygen atoms in total. The zero-order valence-corrected chi connectivity index (χ0v) is 14.8. The quantitative estimate of drug-likeness (QED) is 0.627. The summed E-state index contributed by atoms with van der Waals surface area (Å²) in [5, 5.41) is 9.43. The van der Waals surface area contributed by atoms with Crippen LogP contribution in [0.25, 0.3) is 6.08 Å². The fourth-order valence-corrected chi connectivity index (χ4v) is 2.66. The zero-order valence-electron chi connectivity index (χ0n) is 14.8. The number of hydrogen-bond donors (Lipinski definition) is 1. The number of ketones is 1. The summed E-state index contributed by atoms with van der Waals surface area (Å²) in [5.74, 6) is 0.449. The number of carbonyl (C=O) groups excluding carboxylic acids is 2. The number of carbonyl (C=O) groups is 2. The van der Waals surface area contributed by atoms with Crippen LogP contribution in [0.15, 0.2) is 54.6 Å². The van der Waals surface area contributed by atoms with E-state index in [0.717, 1.165) is 5.56 Å². The summed E-state index contributed by atoms with van der Waals surface area (Å²) in [6.45, 7) is 2.24. The monoisotopic (exact) mass is 367 g/mol. The number of hydrogen-bond acceptors (Lipinski definition) is 5. The molecule has 2 aromatic carbocycles. The molecule has 0 aliphatic carbocycles. The number of aromatic hydroxyl groups is 1. The molecule has 1 heterocycles. The average molecular weight is 367 g/mol. The third kappa shape index (κ3) is 5.43. The Labute approximate surface area is 157 Å². The van der Waals surface area contributed by atoms with Gasteiger partial charge in [-0.2, -0.15) is 0 Å². The predicted octanol–water partition coefficient (Wildman–Crippen LogP) is 2.53. The number of phenols is 1. The van der Waals surface area contributed by atoms with Gasteiger partial charge in [0.1, 0.15) is 11.5 Å². The van der Waals surface area contributed by atoms with Crippen molar-refractivity contribution in [1.82, 2.24) is 4.90 Å². The first-order valence-electron chi connectivity index (χ1n) is 8.72. The highest BCUT2D eigenvalue weighted by Crippen LogP contribution is 2.15. The lowest BCUT2D eigenvalue weighted by Crippen LogP contribution is -2.42. The highest BCUT2D eigenvalue weighted by atomic mass is 16.5. The van der Waals surface area contributed by atoms with Crippen LogP contribution >= 0.6 is 0 Å². The Balaban J connectivity index is 1.53. The highest BCUT2D eigenvalue weighted by molar-refractivity contribution is 6.06. The van der Waals surface area contributed by atoms with Crippen molar-refractivity contribution >= 4 is 17.8 Å². The number of phenolic OH excluding ortho intramolecular Hbond substituents is 1. The van der Waals surface area contributed by atoms with Crippen molar-refractivity contribution in [3.05, 3.63) is 65.7 Å². The third-order valence-corrected chi connectivity index (χ3v) is 4.16. The number of amides is 1. The summed E-state index contributed by atoms with van der Waals surface area (Å²) in [6.07, 6.45) is 3.10. The van der Waals surface area contributed by atoms with Crippen LogP contribution in [0.1, 0.15) is 15.9 Å². The number of rotatable bonds is 6. The van der Waals surface area contributed by atoms with Gasteiger partial charge >= 0.3 is 0 Å². The molecule has 1 N–H and O–H groups in total. The fraction of sp³-hybridized carbons (Fsp3) is 0.238. The second kappa shape index (κ2) is 9.00. The molecule has 6 heteroatoms. The lowest BCUT2D eigenvalue weighted by Gasteiger charge is -2.26. The molecule has 1 aliphatic heterocycles. The van der Waals surface area contributed by atoms with Crippen LogP contribution in [0.2, 0.25) is 0 Å². The smallest absolute Gasteiger partial charge is 0.260 e. The number of nitrogens with zero attached hydrogens (tertiary/aromatic N) is 1. The largest absolute Gasteiger partial charge is 0.508 e. The highest BCUT2D eigenvalue weighted by Gasteiger charge is 2.17. The van der Waals surface area contributed by atoms with E-state index in [0.29, 0.717) is 37.6 Å². The molecule has 1 aliphatic rings. The van der Waals surface area contributed by atoms with Crippen LogP contribution in [0.4, 0.5) is 0 Å². The van der Waals surface area contributed by atoms with E-state index in [-0.39, 0.29) is 24.0 Å². The van der Waals surface area contributed by atoms with E-state index >= 15 is 0 Å². The molecule has 0 bridgehead atoms. The van der Waals surface area contributed by atoms with Gasteiger partial charge in [-0.05, 0) is 48.0 Å². The van der Waals surface area contributed by atoms with Gasteiger partial charge in [-0.1, -0.05) is 18.2 Å². The summed E-state index contributed by atoms with van der Waals surface area (Å²) >= 11 is 0. The van der Waals surface area contributed by atoms with Gasteiger partial charge in [0.15, 0.2) is 12.4 Å². The predicted molar refractivity (Wildman–Crippen MR) is 101 cm³/mol. The van der Waals surface area contributed by atoms with Gasteiger partial charge in [0, 0.05) is 18.7 Å². The van der Waals surface area contributed by atoms with Crippen molar-refractivity contribution < 1.29 is 24.2 Å². The van der Waals surface area contributed by atoms with Crippen molar-refractivity contribution in [2.24, 2.45) is 0 Å². The molecule has 140 valence electrons. The van der Waals surface area contributed by atoms with Gasteiger partial charge in [-0.3, -0.25) is 9.59 Å². The van der Waals surface area contributed by atoms with Gasteiger partial charge in [0.2, 0.25) is 0 Å². The number of morpholine rings is 1. The molecule has 1 fully saturated rings. The van der Waals surface area contributed by atoms with Crippen LogP contribution in [-0.2, 0) is 9.53 Å². The number of allylic oxidation sites excluding steroid dienone is 1. The van der Waals surface area contributed by atoms with E-state index in [9.17, 15) is 14.7 Å². The molecule has 0 saturated carbocycles. The fourth-order valence-electron chi connectivity index (χ4n) is 2.66. The average Bonchev–Trinajstić information content (AvgIpc) is 2.71. The molecule has 3 rings (SSSR count). The van der Waals surface area contributed by atoms with Crippen molar-refractivity contribution in [3.63, 3.8) is 0 Å². The van der Waals surface area contributed by atoms with Crippen LogP contribution in [0, 0.1) is 0 Å². The first-order chi connectivity index (χ1) is 13.1. The zero-order chi connectivity index (χ0) is 19.1. The molecule has 0 radical (unpaired) electrons. The lowest BCUT2D eigenvalue weighted by molar-refractivity contribution is -0.137. The summed E-state index contributed by atoms with van der Waals surface area (Å²) in [4.78, 5) is 26.0. The first kappa shape index (κ1) is 18.7. The summed E-state index contributed by atoms with van der Waals surface area (Å²) in [7, 11) is 0. The maximum atomic E-state index is 12.2. The minimum atomic E-state index is -0.158. The van der Waals surface area contributed by atoms with Crippen molar-refractivity contribution in [3.8, 4) is 11.5 Å². The molecule has 2 aromatic rings. The van der Waals surface area contributed by atoms with Gasteiger partial charge in [0.05, 0.1) is 13.2 Å². The van der Waals surface area contributed by atoms with Crippen LogP contribution in [0.5, 0.6) is 11.5 Å². The maximum Gasteiger partial charge on any atom is 0.260 e. The lowest BCUT2D eigenvalue weighted by atomic mass is 10.1. The normalized spacial score (nSPS) is 14.3. The SMILES string of the molecule is O=C(/C=C/c1cccc(O)c1)c1ccc(OCC(=O)N2CCOCC2)cc1. The third-order valence-electron chi connectivity index (χ3n) is 4.16. The molecular weight excluding hydrogens is 346 g/mol. The second-order valence-corrected chi connectivity index (χ2v) is 6.10. The van der Waals surface area contributed by atoms with Crippen molar-refractivity contribution in [1.29, 1.82) is 0 Å². The Kier molecular flexibility index (Phi) is 6.22. The molecule has 1 amide bonds. The molecular formula is C21H21NO5. The Morgan fingerprint density at radius 3 is 2.56 bits per heavy atom. The van der Waals surface area contributed by atoms with E-state index in [2.05, 4.69) is 0 Å². The molecule has 1 saturated heterocycles. The van der Waals surface area contributed by atoms with Crippen LogP contribution in [-0.4, -0.2) is 54.6 Å². The van der Waals surface area contributed by atoms with E-state index in [1.54, 1.807) is 59.5 Å².